The maximum Gasteiger partial charge on any atom is 0.355 e. The van der Waals surface area contributed by atoms with Gasteiger partial charge in [-0.15, -0.1) is 0 Å². The highest BCUT2D eigenvalue weighted by Crippen LogP contribution is 2.42. The molecule has 0 N–H and O–H groups in total. The fourth-order valence-electron chi connectivity index (χ4n) is 2.33. The Labute approximate surface area is 147 Å². The molecule has 1 saturated heterocycles. The number of carbonyl (C=O) groups excluding carboxylic acids is 2. The number of alkyl halides is 3. The molecule has 0 bridgehead atoms. The van der Waals surface area contributed by atoms with E-state index in [0.717, 1.165) is 4.90 Å². The molecule has 0 spiro atoms. The van der Waals surface area contributed by atoms with Crippen LogP contribution < -0.4 is 0 Å². The summed E-state index contributed by atoms with van der Waals surface area (Å²) in [5.74, 6) is -1.66. The van der Waals surface area contributed by atoms with Gasteiger partial charge in [-0.1, -0.05) is 41.4 Å². The number of allylic oxidation sites excluding steroid dienone is 1. The van der Waals surface area contributed by atoms with E-state index in [0.29, 0.717) is 0 Å². The second-order valence-corrected chi connectivity index (χ2v) is 9.47. The second-order valence-electron chi connectivity index (χ2n) is 4.89. The van der Waals surface area contributed by atoms with E-state index in [9.17, 15) is 18.0 Å². The van der Waals surface area contributed by atoms with Crippen molar-refractivity contribution in [2.75, 3.05) is 13.7 Å². The second kappa shape index (κ2) is 5.93. The van der Waals surface area contributed by atoms with Crippen molar-refractivity contribution in [3.05, 3.63) is 22.8 Å². The van der Waals surface area contributed by atoms with E-state index in [1.54, 1.807) is 0 Å². The van der Waals surface area contributed by atoms with E-state index in [4.69, 9.17) is 44.3 Å². The van der Waals surface area contributed by atoms with Crippen LogP contribution in [0.5, 0.6) is 0 Å². The van der Waals surface area contributed by atoms with Gasteiger partial charge < -0.3 is 9.47 Å². The first kappa shape index (κ1) is 18.5. The van der Waals surface area contributed by atoms with Crippen LogP contribution in [0.1, 0.15) is 6.92 Å². The first-order valence-electron chi connectivity index (χ1n) is 6.17. The summed E-state index contributed by atoms with van der Waals surface area (Å²) in [5.41, 5.74) is -0.249. The lowest BCUT2D eigenvalue weighted by molar-refractivity contribution is -0.163. The number of methoxy groups -OCH3 is 1. The molecule has 1 amide bonds. The van der Waals surface area contributed by atoms with E-state index in [1.165, 1.54) is 14.0 Å². The Bertz CT molecular complexity index is 724. The Morgan fingerprint density at radius 2 is 1.96 bits per heavy atom. The highest BCUT2D eigenvalue weighted by molar-refractivity contribution is 7.96. The molecule has 0 aromatic rings. The number of esters is 1. The summed E-state index contributed by atoms with van der Waals surface area (Å²) in [6, 6.07) is 0. The molecule has 0 radical (unpaired) electrons. The minimum atomic E-state index is -3.91. The Balaban J connectivity index is 2.42. The molecular formula is C12H12Cl3NO6S. The van der Waals surface area contributed by atoms with Crippen LogP contribution in [0.2, 0.25) is 0 Å². The van der Waals surface area contributed by atoms with Crippen LogP contribution in [0.25, 0.3) is 0 Å². The van der Waals surface area contributed by atoms with Gasteiger partial charge in [0.15, 0.2) is 11.5 Å². The highest BCUT2D eigenvalue weighted by atomic mass is 35.6. The zero-order valence-electron chi connectivity index (χ0n) is 12.0. The first-order chi connectivity index (χ1) is 10.4. The van der Waals surface area contributed by atoms with Gasteiger partial charge in [0.1, 0.15) is 12.3 Å². The molecule has 2 atom stereocenters. The number of β-lactam (4-membered cyclic amide) rings is 1. The number of nitrogens with zero attached hydrogens (tertiary/aromatic N) is 1. The molecule has 23 heavy (non-hydrogen) atoms. The summed E-state index contributed by atoms with van der Waals surface area (Å²) in [4.78, 5) is 24.8. The third-order valence-electron chi connectivity index (χ3n) is 3.48. The standard InChI is InChI=1S/C12H12Cl3NO6S/c1-5-6(2)23(19,20)10-8(21-3)9(17)16(10)7(5)11(18)22-4-12(13,14)15/h8,10H,2,4H2,1,3H3/t8-,10-/m0/s1. The smallest absolute Gasteiger partial charge is 0.355 e. The van der Waals surface area contributed by atoms with Crippen molar-refractivity contribution in [3.63, 3.8) is 0 Å². The van der Waals surface area contributed by atoms with Gasteiger partial charge in [0.2, 0.25) is 13.6 Å². The van der Waals surface area contributed by atoms with Crippen molar-refractivity contribution in [2.24, 2.45) is 0 Å². The normalized spacial score (nSPS) is 26.7. The van der Waals surface area contributed by atoms with Crippen molar-refractivity contribution in [3.8, 4) is 0 Å². The van der Waals surface area contributed by atoms with Gasteiger partial charge in [-0.05, 0) is 12.5 Å². The van der Waals surface area contributed by atoms with Gasteiger partial charge in [0.25, 0.3) is 5.91 Å². The number of halogens is 3. The zero-order chi connectivity index (χ0) is 17.7. The Kier molecular flexibility index (Phi) is 4.78. The average molecular weight is 405 g/mol. The summed E-state index contributed by atoms with van der Waals surface area (Å²) in [6.07, 6.45) is -1.21. The number of ether oxygens (including phenoxy) is 2. The molecule has 0 aromatic carbocycles. The van der Waals surface area contributed by atoms with Crippen molar-refractivity contribution in [1.82, 2.24) is 4.90 Å². The Hall–Kier alpha value is -0.800. The molecule has 7 nitrogen and oxygen atoms in total. The Morgan fingerprint density at radius 3 is 2.43 bits per heavy atom. The number of hydrogen-bond donors (Lipinski definition) is 0. The zero-order valence-corrected chi connectivity index (χ0v) is 15.1. The summed E-state index contributed by atoms with van der Waals surface area (Å²) in [6.45, 7) is 4.26. The monoisotopic (exact) mass is 403 g/mol. The van der Waals surface area contributed by atoms with Gasteiger partial charge in [-0.3, -0.25) is 9.69 Å². The summed E-state index contributed by atoms with van der Waals surface area (Å²) >= 11 is 16.5. The van der Waals surface area contributed by atoms with Crippen molar-refractivity contribution < 1.29 is 27.5 Å². The molecule has 2 aliphatic heterocycles. The largest absolute Gasteiger partial charge is 0.456 e. The first-order valence-corrected chi connectivity index (χ1v) is 8.85. The maximum atomic E-state index is 12.4. The minimum Gasteiger partial charge on any atom is -0.456 e. The maximum absolute atomic E-state index is 12.4. The number of fused-ring (bicyclic) bond motifs is 1. The molecule has 2 aliphatic rings. The lowest BCUT2D eigenvalue weighted by Gasteiger charge is -2.48. The highest BCUT2D eigenvalue weighted by Gasteiger charge is 2.61. The van der Waals surface area contributed by atoms with Crippen LogP contribution in [0, 0.1) is 0 Å². The van der Waals surface area contributed by atoms with Crippen LogP contribution in [-0.2, 0) is 28.9 Å². The molecule has 2 rings (SSSR count). The van der Waals surface area contributed by atoms with Gasteiger partial charge >= 0.3 is 5.97 Å². The number of hydrogen-bond acceptors (Lipinski definition) is 6. The van der Waals surface area contributed by atoms with Gasteiger partial charge in [-0.25, -0.2) is 13.2 Å². The average Bonchev–Trinajstić information content (AvgIpc) is 2.43. The molecule has 0 saturated carbocycles. The number of amides is 1. The molecule has 2 heterocycles. The SMILES string of the molecule is C=C1C(C)=C(C(=O)OCC(Cl)(Cl)Cl)N2C(=O)[C@H](OC)[C@@H]2S1(=O)=O. The molecule has 128 valence electrons. The number of carbonyl (C=O) groups is 2. The molecule has 1 fully saturated rings. The van der Waals surface area contributed by atoms with Crippen LogP contribution in [0.3, 0.4) is 0 Å². The van der Waals surface area contributed by atoms with Crippen molar-refractivity contribution in [2.45, 2.75) is 22.2 Å². The van der Waals surface area contributed by atoms with Crippen molar-refractivity contribution in [1.29, 1.82) is 0 Å². The van der Waals surface area contributed by atoms with Gasteiger partial charge in [0.05, 0.1) is 4.91 Å². The van der Waals surface area contributed by atoms with Crippen LogP contribution in [0.4, 0.5) is 0 Å². The summed E-state index contributed by atoms with van der Waals surface area (Å²) in [7, 11) is -2.72. The molecular weight excluding hydrogens is 393 g/mol. The van der Waals surface area contributed by atoms with Gasteiger partial charge in [-0.2, -0.15) is 0 Å². The van der Waals surface area contributed by atoms with Gasteiger partial charge in [0, 0.05) is 7.11 Å². The van der Waals surface area contributed by atoms with E-state index in [-0.39, 0.29) is 16.2 Å². The number of sulfone groups is 1. The predicted octanol–water partition coefficient (Wildman–Crippen LogP) is 1.30. The van der Waals surface area contributed by atoms with E-state index in [2.05, 4.69) is 6.58 Å². The van der Waals surface area contributed by atoms with Crippen LogP contribution >= 0.6 is 34.8 Å². The summed E-state index contributed by atoms with van der Waals surface area (Å²) < 4.78 is 32.6. The fraction of sp³-hybridized carbons (Fsp3) is 0.500. The minimum absolute atomic E-state index is 0.00142. The molecule has 0 aromatic heterocycles. The lowest BCUT2D eigenvalue weighted by atomic mass is 10.1. The molecule has 0 aliphatic carbocycles. The fourth-order valence-corrected chi connectivity index (χ4v) is 4.35. The predicted molar refractivity (Wildman–Crippen MR) is 83.4 cm³/mol. The van der Waals surface area contributed by atoms with E-state index < -0.39 is 43.6 Å². The topological polar surface area (TPSA) is 90.0 Å². The quantitative estimate of drug-likeness (QED) is 0.400. The van der Waals surface area contributed by atoms with Crippen molar-refractivity contribution >= 4 is 56.5 Å². The van der Waals surface area contributed by atoms with Crippen LogP contribution in [0.15, 0.2) is 22.8 Å². The number of rotatable bonds is 3. The Morgan fingerprint density at radius 1 is 1.39 bits per heavy atom. The lowest BCUT2D eigenvalue weighted by Crippen LogP contribution is -2.70. The van der Waals surface area contributed by atoms with E-state index in [1.807, 2.05) is 0 Å². The third-order valence-corrected chi connectivity index (χ3v) is 5.90. The molecule has 11 heteroatoms. The third kappa shape index (κ3) is 2.98. The summed E-state index contributed by atoms with van der Waals surface area (Å²) in [5, 5.41) is -1.36. The molecule has 0 unspecified atom stereocenters. The van der Waals surface area contributed by atoms with Crippen LogP contribution in [-0.4, -0.2) is 54.2 Å². The van der Waals surface area contributed by atoms with E-state index >= 15 is 0 Å².